The van der Waals surface area contributed by atoms with Gasteiger partial charge in [0.1, 0.15) is 11.3 Å². The van der Waals surface area contributed by atoms with Gasteiger partial charge >= 0.3 is 5.97 Å². The average Bonchev–Trinajstić information content (AvgIpc) is 2.73. The average molecular weight is 248 g/mol. The van der Waals surface area contributed by atoms with Gasteiger partial charge in [-0.25, -0.2) is 4.79 Å². The number of nitrogens with zero attached hydrogens (tertiary/aromatic N) is 2. The largest absolute Gasteiger partial charge is 0.484 e. The van der Waals surface area contributed by atoms with Crippen molar-refractivity contribution in [2.45, 2.75) is 20.5 Å². The molecule has 1 N–H and O–H groups in total. The maximum Gasteiger partial charge on any atom is 0.339 e. The number of carbonyl (C=O) groups is 1. The van der Waals surface area contributed by atoms with Crippen molar-refractivity contribution in [2.75, 3.05) is 0 Å². The number of benzene rings is 1. The molecule has 0 unspecified atom stereocenters. The first-order chi connectivity index (χ1) is 8.58. The molecule has 0 saturated carbocycles. The van der Waals surface area contributed by atoms with E-state index in [1.54, 1.807) is 26.0 Å². The summed E-state index contributed by atoms with van der Waals surface area (Å²) in [6.45, 7) is 3.53. The van der Waals surface area contributed by atoms with E-state index in [1.165, 1.54) is 6.07 Å². The van der Waals surface area contributed by atoms with Crippen LogP contribution >= 0.6 is 0 Å². The van der Waals surface area contributed by atoms with E-state index in [0.717, 1.165) is 5.56 Å². The van der Waals surface area contributed by atoms with Gasteiger partial charge in [0.25, 0.3) is 0 Å². The van der Waals surface area contributed by atoms with Crippen LogP contribution in [0.4, 0.5) is 0 Å². The number of aromatic nitrogens is 2. The van der Waals surface area contributed by atoms with Gasteiger partial charge in [-0.05, 0) is 18.6 Å². The van der Waals surface area contributed by atoms with Crippen LogP contribution in [0.1, 0.15) is 27.6 Å². The van der Waals surface area contributed by atoms with Crippen LogP contribution in [0.15, 0.2) is 22.7 Å². The zero-order valence-corrected chi connectivity index (χ0v) is 10.0. The molecule has 0 aliphatic heterocycles. The molecule has 0 radical (unpaired) electrons. The molecule has 2 rings (SSSR count). The molecule has 0 saturated heterocycles. The minimum absolute atomic E-state index is 0.0719. The highest BCUT2D eigenvalue weighted by molar-refractivity contribution is 5.91. The maximum absolute atomic E-state index is 11.1. The Labute approximate surface area is 103 Å². The predicted octanol–water partition coefficient (Wildman–Crippen LogP) is 1.96. The van der Waals surface area contributed by atoms with E-state index >= 15 is 0 Å². The topological polar surface area (TPSA) is 85.5 Å². The quantitative estimate of drug-likeness (QED) is 0.890. The molecule has 0 spiro atoms. The van der Waals surface area contributed by atoms with E-state index in [4.69, 9.17) is 14.4 Å². The Morgan fingerprint density at radius 1 is 1.44 bits per heavy atom. The van der Waals surface area contributed by atoms with Gasteiger partial charge in [0.05, 0.1) is 0 Å². The molecule has 18 heavy (non-hydrogen) atoms. The Bertz CT molecular complexity index is 577. The fraction of sp³-hybridized carbons (Fsp3) is 0.250. The lowest BCUT2D eigenvalue weighted by Gasteiger charge is -2.09. The molecule has 6 nitrogen and oxygen atoms in total. The van der Waals surface area contributed by atoms with E-state index in [-0.39, 0.29) is 12.2 Å². The zero-order chi connectivity index (χ0) is 13.1. The molecule has 1 aromatic carbocycles. The third kappa shape index (κ3) is 2.48. The van der Waals surface area contributed by atoms with Crippen LogP contribution in [0, 0.1) is 13.8 Å². The Balaban J connectivity index is 2.20. The molecule has 0 bridgehead atoms. The number of aryl methyl sites for hydroxylation is 2. The van der Waals surface area contributed by atoms with E-state index in [9.17, 15) is 4.79 Å². The maximum atomic E-state index is 11.1. The number of rotatable bonds is 4. The fourth-order valence-corrected chi connectivity index (χ4v) is 1.55. The van der Waals surface area contributed by atoms with Gasteiger partial charge in [-0.15, -0.1) is 0 Å². The summed E-state index contributed by atoms with van der Waals surface area (Å²) < 4.78 is 10.3. The van der Waals surface area contributed by atoms with Gasteiger partial charge in [-0.3, -0.25) is 0 Å². The van der Waals surface area contributed by atoms with Crippen LogP contribution in [0.5, 0.6) is 5.75 Å². The van der Waals surface area contributed by atoms with Crippen LogP contribution in [-0.2, 0) is 6.61 Å². The third-order valence-electron chi connectivity index (χ3n) is 2.36. The number of hydrogen-bond donors (Lipinski definition) is 1. The van der Waals surface area contributed by atoms with Crippen molar-refractivity contribution in [3.8, 4) is 5.75 Å². The van der Waals surface area contributed by atoms with Crippen molar-refractivity contribution in [2.24, 2.45) is 0 Å². The molecule has 0 fully saturated rings. The van der Waals surface area contributed by atoms with Crippen molar-refractivity contribution >= 4 is 5.97 Å². The molecule has 1 heterocycles. The summed E-state index contributed by atoms with van der Waals surface area (Å²) in [6, 6.07) is 4.94. The molecular formula is C12H12N2O4. The molecule has 6 heteroatoms. The minimum Gasteiger partial charge on any atom is -0.484 e. The SMILES string of the molecule is Cc1nc(COc2c(C)cccc2C(=O)O)no1. The second-order valence-corrected chi connectivity index (χ2v) is 3.78. The molecule has 0 aliphatic rings. The van der Waals surface area contributed by atoms with Crippen LogP contribution in [-0.4, -0.2) is 21.2 Å². The summed E-state index contributed by atoms with van der Waals surface area (Å²) in [5, 5.41) is 12.7. The van der Waals surface area contributed by atoms with Crippen molar-refractivity contribution < 1.29 is 19.2 Å². The molecule has 2 aromatic rings. The number of carboxylic acids is 1. The minimum atomic E-state index is -1.03. The standard InChI is InChI=1S/C12H12N2O4/c1-7-4-3-5-9(12(15)16)11(7)17-6-10-13-8(2)18-14-10/h3-5H,6H2,1-2H3,(H,15,16). The van der Waals surface area contributed by atoms with Crippen molar-refractivity contribution in [1.82, 2.24) is 10.1 Å². The molecule has 0 amide bonds. The highest BCUT2D eigenvalue weighted by Crippen LogP contribution is 2.24. The van der Waals surface area contributed by atoms with Crippen LogP contribution < -0.4 is 4.74 Å². The highest BCUT2D eigenvalue weighted by atomic mass is 16.5. The van der Waals surface area contributed by atoms with Crippen LogP contribution in [0.25, 0.3) is 0 Å². The van der Waals surface area contributed by atoms with E-state index in [2.05, 4.69) is 10.1 Å². The lowest BCUT2D eigenvalue weighted by molar-refractivity contribution is 0.0691. The zero-order valence-electron chi connectivity index (χ0n) is 10.0. The van der Waals surface area contributed by atoms with Gasteiger partial charge in [-0.2, -0.15) is 4.98 Å². The Morgan fingerprint density at radius 3 is 2.83 bits per heavy atom. The Hall–Kier alpha value is -2.37. The van der Waals surface area contributed by atoms with Crippen LogP contribution in [0.2, 0.25) is 0 Å². The Kier molecular flexibility index (Phi) is 3.27. The smallest absolute Gasteiger partial charge is 0.339 e. The van der Waals surface area contributed by atoms with Crippen molar-refractivity contribution in [1.29, 1.82) is 0 Å². The summed E-state index contributed by atoms with van der Waals surface area (Å²) in [5.74, 6) is 0.120. The van der Waals surface area contributed by atoms with Gasteiger partial charge in [0.2, 0.25) is 11.7 Å². The second-order valence-electron chi connectivity index (χ2n) is 3.78. The van der Waals surface area contributed by atoms with Gasteiger partial charge < -0.3 is 14.4 Å². The summed E-state index contributed by atoms with van der Waals surface area (Å²) in [7, 11) is 0. The molecule has 0 atom stereocenters. The number of carboxylic acid groups (broad SMARTS) is 1. The first-order valence-electron chi connectivity index (χ1n) is 5.33. The lowest BCUT2D eigenvalue weighted by Crippen LogP contribution is -2.05. The van der Waals surface area contributed by atoms with Crippen LogP contribution in [0.3, 0.4) is 0 Å². The molecular weight excluding hydrogens is 236 g/mol. The predicted molar refractivity (Wildman–Crippen MR) is 61.5 cm³/mol. The number of para-hydroxylation sites is 1. The van der Waals surface area contributed by atoms with Gasteiger partial charge in [-0.1, -0.05) is 17.3 Å². The van der Waals surface area contributed by atoms with Gasteiger partial charge in [0.15, 0.2) is 6.61 Å². The Morgan fingerprint density at radius 2 is 2.22 bits per heavy atom. The van der Waals surface area contributed by atoms with E-state index in [0.29, 0.717) is 17.5 Å². The first-order valence-corrected chi connectivity index (χ1v) is 5.33. The second kappa shape index (κ2) is 4.87. The monoisotopic (exact) mass is 248 g/mol. The summed E-state index contributed by atoms with van der Waals surface area (Å²) in [4.78, 5) is 15.0. The summed E-state index contributed by atoms with van der Waals surface area (Å²) in [5.41, 5.74) is 0.866. The van der Waals surface area contributed by atoms with E-state index < -0.39 is 5.97 Å². The van der Waals surface area contributed by atoms with Gasteiger partial charge in [0, 0.05) is 6.92 Å². The highest BCUT2D eigenvalue weighted by Gasteiger charge is 2.14. The molecule has 94 valence electrons. The third-order valence-corrected chi connectivity index (χ3v) is 2.36. The number of ether oxygens (including phenoxy) is 1. The number of aromatic carboxylic acids is 1. The summed E-state index contributed by atoms with van der Waals surface area (Å²) in [6.07, 6.45) is 0. The number of hydrogen-bond acceptors (Lipinski definition) is 5. The lowest BCUT2D eigenvalue weighted by atomic mass is 10.1. The molecule has 0 aliphatic carbocycles. The van der Waals surface area contributed by atoms with Crippen molar-refractivity contribution in [3.63, 3.8) is 0 Å². The normalized spacial score (nSPS) is 10.3. The molecule has 1 aromatic heterocycles. The summed E-state index contributed by atoms with van der Waals surface area (Å²) >= 11 is 0. The van der Waals surface area contributed by atoms with E-state index in [1.807, 2.05) is 0 Å². The fourth-order valence-electron chi connectivity index (χ4n) is 1.55. The first kappa shape index (κ1) is 12.1. The van der Waals surface area contributed by atoms with Crippen molar-refractivity contribution in [3.05, 3.63) is 41.0 Å².